The predicted molar refractivity (Wildman–Crippen MR) is 84.3 cm³/mol. The van der Waals surface area contributed by atoms with Crippen molar-refractivity contribution in [3.05, 3.63) is 35.4 Å². The van der Waals surface area contributed by atoms with Gasteiger partial charge in [-0.2, -0.15) is 0 Å². The van der Waals surface area contributed by atoms with Crippen molar-refractivity contribution < 1.29 is 14.6 Å². The number of aliphatic hydroxyl groups is 1. The second kappa shape index (κ2) is 5.23. The Morgan fingerprint density at radius 2 is 2.05 bits per heavy atom. The maximum atomic E-state index is 11.5. The number of rotatable bonds is 3. The first-order valence-corrected chi connectivity index (χ1v) is 8.63. The van der Waals surface area contributed by atoms with Crippen LogP contribution in [-0.4, -0.2) is 40.6 Å². The van der Waals surface area contributed by atoms with E-state index in [1.807, 2.05) is 24.3 Å². The van der Waals surface area contributed by atoms with Crippen LogP contribution in [-0.2, 0) is 9.90 Å². The van der Waals surface area contributed by atoms with Gasteiger partial charge in [0.15, 0.2) is 0 Å². The van der Waals surface area contributed by atoms with E-state index >= 15 is 0 Å². The van der Waals surface area contributed by atoms with Crippen LogP contribution in [0.25, 0.3) is 0 Å². The monoisotopic (exact) mass is 305 g/mol. The Morgan fingerprint density at radius 3 is 2.62 bits per heavy atom. The fourth-order valence-electron chi connectivity index (χ4n) is 3.58. The summed E-state index contributed by atoms with van der Waals surface area (Å²) in [5.41, 5.74) is 1.23. The molecule has 4 nitrogen and oxygen atoms in total. The van der Waals surface area contributed by atoms with Crippen LogP contribution in [0.15, 0.2) is 24.3 Å². The normalized spacial score (nSPS) is 32.9. The SMILES string of the molecule is COC(=O)c1ccc([C@@]2([SiH3])C[C@@](O)(C3CC3)CCN2)cc1. The summed E-state index contributed by atoms with van der Waals surface area (Å²) in [6.45, 7) is 0.856. The lowest BCUT2D eigenvalue weighted by atomic mass is 9.80. The molecular formula is C16H23NO3Si. The Bertz CT molecular complexity index is 543. The van der Waals surface area contributed by atoms with E-state index in [4.69, 9.17) is 4.74 Å². The van der Waals surface area contributed by atoms with Crippen LogP contribution in [0.1, 0.15) is 41.6 Å². The molecular weight excluding hydrogens is 282 g/mol. The van der Waals surface area contributed by atoms with Gasteiger partial charge in [-0.05, 0) is 55.8 Å². The van der Waals surface area contributed by atoms with Crippen LogP contribution >= 0.6 is 0 Å². The van der Waals surface area contributed by atoms with E-state index in [-0.39, 0.29) is 11.1 Å². The number of hydrogen-bond acceptors (Lipinski definition) is 4. The Morgan fingerprint density at radius 1 is 1.38 bits per heavy atom. The molecule has 1 aliphatic carbocycles. The van der Waals surface area contributed by atoms with Crippen molar-refractivity contribution in [1.82, 2.24) is 5.32 Å². The average Bonchev–Trinajstić information content (AvgIpc) is 3.31. The highest BCUT2D eigenvalue weighted by molar-refractivity contribution is 6.15. The quantitative estimate of drug-likeness (QED) is 0.631. The minimum Gasteiger partial charge on any atom is -0.465 e. The molecule has 1 saturated heterocycles. The largest absolute Gasteiger partial charge is 0.465 e. The number of piperidine rings is 1. The maximum Gasteiger partial charge on any atom is 0.337 e. The second-order valence-electron chi connectivity index (χ2n) is 6.63. The van der Waals surface area contributed by atoms with Gasteiger partial charge in [0.1, 0.15) is 0 Å². The molecule has 0 unspecified atom stereocenters. The summed E-state index contributed by atoms with van der Waals surface area (Å²) in [7, 11) is 2.31. The first kappa shape index (κ1) is 14.8. The van der Waals surface area contributed by atoms with Crippen LogP contribution in [0.3, 0.4) is 0 Å². The molecule has 5 heteroatoms. The van der Waals surface area contributed by atoms with Gasteiger partial charge in [0.05, 0.1) is 18.3 Å². The first-order chi connectivity index (χ1) is 9.97. The van der Waals surface area contributed by atoms with E-state index in [0.29, 0.717) is 11.5 Å². The van der Waals surface area contributed by atoms with Crippen LogP contribution in [0.5, 0.6) is 0 Å². The molecule has 0 radical (unpaired) electrons. The van der Waals surface area contributed by atoms with Crippen LogP contribution < -0.4 is 5.32 Å². The highest BCUT2D eigenvalue weighted by atomic mass is 28.1. The lowest BCUT2D eigenvalue weighted by molar-refractivity contribution is -0.0321. The molecule has 0 bridgehead atoms. The summed E-state index contributed by atoms with van der Waals surface area (Å²) in [5.74, 6) is 0.178. The molecule has 0 aromatic heterocycles. The molecule has 21 heavy (non-hydrogen) atoms. The van der Waals surface area contributed by atoms with Crippen molar-refractivity contribution in [1.29, 1.82) is 0 Å². The molecule has 1 aromatic carbocycles. The Balaban J connectivity index is 1.82. The minimum atomic E-state index is -0.506. The highest BCUT2D eigenvalue weighted by Crippen LogP contribution is 2.48. The fraction of sp³-hybridized carbons (Fsp3) is 0.562. The van der Waals surface area contributed by atoms with Gasteiger partial charge >= 0.3 is 5.97 Å². The molecule has 1 heterocycles. The number of esters is 1. The molecule has 0 spiro atoms. The molecule has 0 amide bonds. The molecule has 2 fully saturated rings. The van der Waals surface area contributed by atoms with Gasteiger partial charge in [-0.1, -0.05) is 12.1 Å². The standard InChI is InChI=1S/C16H23NO3Si/c1-20-14(18)11-2-4-13(5-3-11)16(21)10-15(19,8-9-17-16)12-6-7-12/h2-5,12,17,19H,6-10H2,1,21H3/t15-,16+/m1/s1. The zero-order chi connectivity index (χ0) is 15.1. The van der Waals surface area contributed by atoms with E-state index in [2.05, 4.69) is 5.32 Å². The average molecular weight is 305 g/mol. The molecule has 114 valence electrons. The fourth-order valence-corrected chi connectivity index (χ4v) is 4.78. The Kier molecular flexibility index (Phi) is 3.67. The lowest BCUT2D eigenvalue weighted by Gasteiger charge is -2.45. The molecule has 3 rings (SSSR count). The summed E-state index contributed by atoms with van der Waals surface area (Å²) in [5, 5.41) is 14.4. The summed E-state index contributed by atoms with van der Waals surface area (Å²) in [4.78, 5) is 11.5. The van der Waals surface area contributed by atoms with E-state index < -0.39 is 5.60 Å². The number of nitrogens with one attached hydrogen (secondary N) is 1. The topological polar surface area (TPSA) is 58.6 Å². The molecule has 1 aliphatic heterocycles. The summed E-state index contributed by atoms with van der Waals surface area (Å²) < 4.78 is 4.73. The van der Waals surface area contributed by atoms with Gasteiger partial charge in [-0.25, -0.2) is 4.79 Å². The zero-order valence-corrected chi connectivity index (χ0v) is 14.7. The number of methoxy groups -OCH3 is 1. The van der Waals surface area contributed by atoms with Crippen molar-refractivity contribution in [3.63, 3.8) is 0 Å². The minimum absolute atomic E-state index is 0.107. The third kappa shape index (κ3) is 2.78. The lowest BCUT2D eigenvalue weighted by Crippen LogP contribution is -2.56. The molecule has 2 N–H and O–H groups in total. The first-order valence-electron chi connectivity index (χ1n) is 7.63. The number of carbonyl (C=O) groups excluding carboxylic acids is 1. The van der Waals surface area contributed by atoms with Crippen LogP contribution in [0.2, 0.25) is 0 Å². The Hall–Kier alpha value is -1.17. The maximum absolute atomic E-state index is 11.5. The number of carbonyl (C=O) groups is 1. The Labute approximate surface area is 128 Å². The van der Waals surface area contributed by atoms with Gasteiger partial charge < -0.3 is 15.2 Å². The summed E-state index contributed by atoms with van der Waals surface area (Å²) >= 11 is 0. The van der Waals surface area contributed by atoms with Crippen molar-refractivity contribution in [2.24, 2.45) is 5.92 Å². The number of hydrogen-bond donors (Lipinski definition) is 2. The van der Waals surface area contributed by atoms with Crippen molar-refractivity contribution in [2.45, 2.75) is 36.4 Å². The summed E-state index contributed by atoms with van der Waals surface area (Å²) in [6.07, 6.45) is 3.96. The van der Waals surface area contributed by atoms with Gasteiger partial charge in [0.2, 0.25) is 0 Å². The van der Waals surface area contributed by atoms with E-state index in [9.17, 15) is 9.90 Å². The van der Waals surface area contributed by atoms with E-state index in [0.717, 1.165) is 42.5 Å². The second-order valence-corrected chi connectivity index (χ2v) is 8.34. The van der Waals surface area contributed by atoms with E-state index in [1.165, 1.54) is 12.7 Å². The van der Waals surface area contributed by atoms with Crippen molar-refractivity contribution in [2.75, 3.05) is 13.7 Å². The molecule has 2 atom stereocenters. The third-order valence-electron chi connectivity index (χ3n) is 5.01. The van der Waals surface area contributed by atoms with Crippen LogP contribution in [0, 0.1) is 5.92 Å². The zero-order valence-electron chi connectivity index (χ0n) is 12.7. The third-order valence-corrected chi connectivity index (χ3v) is 6.30. The predicted octanol–water partition coefficient (Wildman–Crippen LogP) is 0.516. The number of ether oxygens (including phenoxy) is 1. The van der Waals surface area contributed by atoms with E-state index in [1.54, 1.807) is 0 Å². The smallest absolute Gasteiger partial charge is 0.337 e. The van der Waals surface area contributed by atoms with Crippen LogP contribution in [0.4, 0.5) is 0 Å². The van der Waals surface area contributed by atoms with Crippen molar-refractivity contribution in [3.8, 4) is 0 Å². The van der Waals surface area contributed by atoms with Crippen molar-refractivity contribution >= 4 is 16.2 Å². The van der Waals surface area contributed by atoms with Gasteiger partial charge in [0, 0.05) is 15.4 Å². The molecule has 1 saturated carbocycles. The molecule has 2 aliphatic rings. The highest BCUT2D eigenvalue weighted by Gasteiger charge is 2.50. The van der Waals surface area contributed by atoms with Gasteiger partial charge in [-0.15, -0.1) is 0 Å². The molecule has 1 aromatic rings. The number of benzene rings is 1. The summed E-state index contributed by atoms with van der Waals surface area (Å²) in [6, 6.07) is 7.61. The van der Waals surface area contributed by atoms with Gasteiger partial charge in [-0.3, -0.25) is 0 Å². The van der Waals surface area contributed by atoms with Gasteiger partial charge in [0.25, 0.3) is 0 Å².